The van der Waals surface area contributed by atoms with E-state index in [1.54, 1.807) is 0 Å². The third kappa shape index (κ3) is 67.6. The van der Waals surface area contributed by atoms with Crippen LogP contribution >= 0.6 is 7.82 Å². The van der Waals surface area contributed by atoms with Crippen LogP contribution in [0.15, 0.2) is 24.3 Å². The van der Waals surface area contributed by atoms with Crippen LogP contribution in [0.2, 0.25) is 0 Å². The lowest BCUT2D eigenvalue weighted by Gasteiger charge is -2.24. The summed E-state index contributed by atoms with van der Waals surface area (Å²) in [6, 6.07) is 0. The van der Waals surface area contributed by atoms with E-state index in [1.165, 1.54) is 302 Å². The van der Waals surface area contributed by atoms with Crippen molar-refractivity contribution in [1.29, 1.82) is 0 Å². The first-order valence-electron chi connectivity index (χ1n) is 36.1. The van der Waals surface area contributed by atoms with Crippen molar-refractivity contribution in [2.45, 2.75) is 380 Å². The Hall–Kier alpha value is -1.51. The number of ether oxygens (including phenoxy) is 2. The fourth-order valence-corrected chi connectivity index (χ4v) is 11.7. The van der Waals surface area contributed by atoms with Gasteiger partial charge in [0.2, 0.25) is 0 Å². The Kier molecular flexibility index (Phi) is 62.8. The summed E-state index contributed by atoms with van der Waals surface area (Å²) >= 11 is 0. The van der Waals surface area contributed by atoms with Crippen molar-refractivity contribution >= 4 is 19.8 Å². The third-order valence-electron chi connectivity index (χ3n) is 16.5. The Labute approximate surface area is 510 Å². The molecule has 2 atom stereocenters. The van der Waals surface area contributed by atoms with Crippen LogP contribution in [0.4, 0.5) is 0 Å². The molecule has 0 saturated carbocycles. The molecule has 10 heteroatoms. The monoisotopic (exact) mass is 1180 g/mol. The van der Waals surface area contributed by atoms with Crippen LogP contribution in [0, 0.1) is 0 Å². The third-order valence-corrected chi connectivity index (χ3v) is 17.5. The molecule has 0 aromatic carbocycles. The largest absolute Gasteiger partial charge is 0.472 e. The predicted octanol–water partition coefficient (Wildman–Crippen LogP) is 23.3. The molecule has 2 unspecified atom stereocenters. The van der Waals surface area contributed by atoms with E-state index in [0.29, 0.717) is 23.9 Å². The van der Waals surface area contributed by atoms with Crippen molar-refractivity contribution in [3.8, 4) is 0 Å². The van der Waals surface area contributed by atoms with Gasteiger partial charge in [0.05, 0.1) is 27.7 Å². The molecule has 0 aliphatic rings. The summed E-state index contributed by atoms with van der Waals surface area (Å²) < 4.78 is 34.8. The number of likely N-dealkylation sites (N-methyl/N-ethyl adjacent to an activating group) is 1. The molecule has 0 spiro atoms. The second-order valence-corrected chi connectivity index (χ2v) is 27.4. The smallest absolute Gasteiger partial charge is 0.462 e. The van der Waals surface area contributed by atoms with Gasteiger partial charge < -0.3 is 18.9 Å². The molecule has 0 aliphatic carbocycles. The van der Waals surface area contributed by atoms with Gasteiger partial charge in [0, 0.05) is 12.8 Å². The number of allylic oxidation sites excluding steroid dienone is 4. The molecule has 0 amide bonds. The highest BCUT2D eigenvalue weighted by Crippen LogP contribution is 2.43. The van der Waals surface area contributed by atoms with Crippen LogP contribution in [0.25, 0.3) is 0 Å². The number of quaternary nitrogens is 1. The van der Waals surface area contributed by atoms with Crippen molar-refractivity contribution in [3.05, 3.63) is 24.3 Å². The molecule has 0 radical (unpaired) electrons. The van der Waals surface area contributed by atoms with Crippen LogP contribution in [-0.2, 0) is 32.7 Å². The fourth-order valence-electron chi connectivity index (χ4n) is 10.9. The number of phosphoric ester groups is 1. The molecule has 0 fully saturated rings. The van der Waals surface area contributed by atoms with Crippen LogP contribution in [0.1, 0.15) is 373 Å². The Bertz CT molecular complexity index is 1430. The van der Waals surface area contributed by atoms with Crippen molar-refractivity contribution in [2.75, 3.05) is 47.5 Å². The first-order valence-corrected chi connectivity index (χ1v) is 37.6. The zero-order valence-electron chi connectivity index (χ0n) is 55.5. The molecular formula is C72H141NO8P+. The molecule has 82 heavy (non-hydrogen) atoms. The van der Waals surface area contributed by atoms with E-state index in [-0.39, 0.29) is 25.6 Å². The lowest BCUT2D eigenvalue weighted by Crippen LogP contribution is -2.37. The zero-order valence-corrected chi connectivity index (χ0v) is 56.4. The summed E-state index contributed by atoms with van der Waals surface area (Å²) in [6.45, 7) is 4.51. The Morgan fingerprint density at radius 3 is 0.963 bits per heavy atom. The highest BCUT2D eigenvalue weighted by atomic mass is 31.2. The van der Waals surface area contributed by atoms with E-state index < -0.39 is 26.5 Å². The fraction of sp³-hybridized carbons (Fsp3) is 0.917. The molecule has 9 nitrogen and oxygen atoms in total. The van der Waals surface area contributed by atoms with E-state index >= 15 is 0 Å². The quantitative estimate of drug-likeness (QED) is 0.0211. The van der Waals surface area contributed by atoms with Crippen LogP contribution in [0.3, 0.4) is 0 Å². The van der Waals surface area contributed by atoms with Gasteiger partial charge in [-0.1, -0.05) is 340 Å². The predicted molar refractivity (Wildman–Crippen MR) is 354 cm³/mol. The Morgan fingerprint density at radius 2 is 0.659 bits per heavy atom. The van der Waals surface area contributed by atoms with Crippen molar-refractivity contribution in [1.82, 2.24) is 0 Å². The average Bonchev–Trinajstić information content (AvgIpc) is 3.45. The number of carbonyl (C=O) groups excluding carboxylic acids is 2. The van der Waals surface area contributed by atoms with Gasteiger partial charge in [-0.25, -0.2) is 4.57 Å². The maximum absolute atomic E-state index is 12.9. The molecule has 0 aromatic rings. The second kappa shape index (κ2) is 64.0. The minimum atomic E-state index is -4.39. The number of carbonyl (C=O) groups is 2. The SMILES string of the molecule is CCCCCCC/C=C\C/C=C\CCCCCCCCCCCCCCCCCCCC(=O)OC(COC(=O)CCCCCCCCCCCCCCCCCCCCCCCCCCCCCCC)COP(=O)(O)OCC[N+](C)(C)C. The number of rotatable bonds is 68. The number of hydrogen-bond acceptors (Lipinski definition) is 7. The van der Waals surface area contributed by atoms with Crippen LogP contribution in [-0.4, -0.2) is 74.9 Å². The van der Waals surface area contributed by atoms with Crippen molar-refractivity contribution < 1.29 is 42.1 Å². The summed E-state index contributed by atoms with van der Waals surface area (Å²) in [7, 11) is 1.50. The highest BCUT2D eigenvalue weighted by molar-refractivity contribution is 7.47. The van der Waals surface area contributed by atoms with E-state index in [9.17, 15) is 19.0 Å². The highest BCUT2D eigenvalue weighted by Gasteiger charge is 2.27. The minimum Gasteiger partial charge on any atom is -0.462 e. The number of nitrogens with zero attached hydrogens (tertiary/aromatic N) is 1. The van der Waals surface area contributed by atoms with E-state index in [1.807, 2.05) is 21.1 Å². The van der Waals surface area contributed by atoms with Gasteiger partial charge in [0.1, 0.15) is 19.8 Å². The first kappa shape index (κ1) is 80.5. The summed E-state index contributed by atoms with van der Waals surface area (Å²) in [5.74, 6) is -0.772. The van der Waals surface area contributed by atoms with Crippen LogP contribution < -0.4 is 0 Å². The van der Waals surface area contributed by atoms with Crippen molar-refractivity contribution in [3.63, 3.8) is 0 Å². The second-order valence-electron chi connectivity index (χ2n) is 26.0. The molecule has 486 valence electrons. The molecule has 0 aromatic heterocycles. The Morgan fingerprint density at radius 1 is 0.378 bits per heavy atom. The van der Waals surface area contributed by atoms with Crippen LogP contribution in [0.5, 0.6) is 0 Å². The number of phosphoric acid groups is 1. The average molecular weight is 1180 g/mol. The van der Waals surface area contributed by atoms with Gasteiger partial charge in [-0.3, -0.25) is 18.6 Å². The minimum absolute atomic E-state index is 0.0355. The van der Waals surface area contributed by atoms with Gasteiger partial charge in [-0.15, -0.1) is 0 Å². The lowest BCUT2D eigenvalue weighted by atomic mass is 10.0. The topological polar surface area (TPSA) is 108 Å². The molecular weight excluding hydrogens is 1040 g/mol. The standard InChI is InChI=1S/C72H140NO8P/c1-6-8-10-12-14-16-18-20-22-24-26-28-30-32-34-36-38-40-42-44-46-48-50-52-54-56-58-60-62-64-71(74)78-68-70(69-80-82(76,77)79-67-66-73(3,4)5)81-72(75)65-63-61-59-57-55-53-51-49-47-45-43-41-39-37-35-33-31-29-27-25-23-21-19-17-15-13-11-9-7-2/h19,21,25,27,70H,6-18,20,22-24,26,28-69H2,1-5H3/p+1/b21-19-,27-25-. The van der Waals surface area contributed by atoms with Gasteiger partial charge in [-0.05, 0) is 44.9 Å². The van der Waals surface area contributed by atoms with Gasteiger partial charge in [0.15, 0.2) is 6.10 Å². The molecule has 1 N–H and O–H groups in total. The normalized spacial score (nSPS) is 13.2. The number of esters is 2. The summed E-state index contributed by atoms with van der Waals surface area (Å²) in [5.41, 5.74) is 0. The number of hydrogen-bond donors (Lipinski definition) is 1. The van der Waals surface area contributed by atoms with E-state index in [4.69, 9.17) is 18.5 Å². The molecule has 0 rings (SSSR count). The molecule has 0 aliphatic heterocycles. The summed E-state index contributed by atoms with van der Waals surface area (Å²) in [5, 5.41) is 0. The van der Waals surface area contributed by atoms with Gasteiger partial charge >= 0.3 is 19.8 Å². The lowest BCUT2D eigenvalue weighted by molar-refractivity contribution is -0.870. The Balaban J connectivity index is 3.98. The van der Waals surface area contributed by atoms with Crippen molar-refractivity contribution in [2.24, 2.45) is 0 Å². The maximum Gasteiger partial charge on any atom is 0.472 e. The summed E-state index contributed by atoms with van der Waals surface area (Å²) in [6.07, 6.45) is 80.1. The van der Waals surface area contributed by atoms with E-state index in [0.717, 1.165) is 38.5 Å². The van der Waals surface area contributed by atoms with Gasteiger partial charge in [0.25, 0.3) is 0 Å². The molecule has 0 bridgehead atoms. The number of unbranched alkanes of at least 4 members (excludes halogenated alkanes) is 50. The van der Waals surface area contributed by atoms with Gasteiger partial charge in [-0.2, -0.15) is 0 Å². The summed E-state index contributed by atoms with van der Waals surface area (Å²) in [4.78, 5) is 35.9. The molecule has 0 saturated heterocycles. The maximum atomic E-state index is 12.9. The zero-order chi connectivity index (χ0) is 59.8. The first-order chi connectivity index (χ1) is 40.0. The molecule has 0 heterocycles. The van der Waals surface area contributed by atoms with E-state index in [2.05, 4.69) is 38.2 Å².